The van der Waals surface area contributed by atoms with Crippen molar-refractivity contribution < 1.29 is 23.5 Å². The highest BCUT2D eigenvalue weighted by Gasteiger charge is 2.41. The van der Waals surface area contributed by atoms with Crippen molar-refractivity contribution in [1.82, 2.24) is 10.3 Å². The van der Waals surface area contributed by atoms with E-state index in [9.17, 15) is 14.0 Å². The molecule has 1 heterocycles. The van der Waals surface area contributed by atoms with Crippen LogP contribution in [0, 0.1) is 5.82 Å². The molecule has 1 saturated carbocycles. The molecular weight excluding hydrogens is 431 g/mol. The van der Waals surface area contributed by atoms with Crippen LogP contribution in [0.25, 0.3) is 21.0 Å². The summed E-state index contributed by atoms with van der Waals surface area (Å²) >= 11 is 1.50. The van der Waals surface area contributed by atoms with Gasteiger partial charge in [-0.3, -0.25) is 9.59 Å². The number of nitrogens with one attached hydrogen (secondary N) is 1. The number of para-hydroxylation sites is 1. The summed E-state index contributed by atoms with van der Waals surface area (Å²) in [5.41, 5.74) is -0.135. The van der Waals surface area contributed by atoms with Gasteiger partial charge in [0.2, 0.25) is 0 Å². The van der Waals surface area contributed by atoms with Gasteiger partial charge < -0.3 is 14.8 Å². The van der Waals surface area contributed by atoms with E-state index in [2.05, 4.69) is 10.3 Å². The smallest absolute Gasteiger partial charge is 0.295 e. The van der Waals surface area contributed by atoms with E-state index in [4.69, 9.17) is 9.47 Å². The van der Waals surface area contributed by atoms with E-state index in [0.717, 1.165) is 21.6 Å². The molecule has 8 heteroatoms. The van der Waals surface area contributed by atoms with E-state index in [0.29, 0.717) is 30.1 Å². The molecule has 4 aromatic rings. The Morgan fingerprint density at radius 3 is 2.62 bits per heavy atom. The lowest BCUT2D eigenvalue weighted by atomic mass is 9.87. The molecule has 32 heavy (non-hydrogen) atoms. The van der Waals surface area contributed by atoms with Crippen LogP contribution in [0.2, 0.25) is 0 Å². The van der Waals surface area contributed by atoms with Crippen LogP contribution in [0.1, 0.15) is 34.6 Å². The Kier molecular flexibility index (Phi) is 5.22. The van der Waals surface area contributed by atoms with Crippen molar-refractivity contribution in [3.05, 3.63) is 71.0 Å². The minimum atomic E-state index is -1.05. The topological polar surface area (TPSA) is 77.5 Å². The first-order chi connectivity index (χ1) is 15.6. The lowest BCUT2D eigenvalue weighted by Gasteiger charge is -2.40. The first kappa shape index (κ1) is 20.4. The van der Waals surface area contributed by atoms with Crippen LogP contribution in [0.15, 0.2) is 54.6 Å². The first-order valence-electron chi connectivity index (χ1n) is 10.2. The number of aromatic nitrogens is 1. The molecule has 1 aliphatic carbocycles. The molecule has 162 valence electrons. The summed E-state index contributed by atoms with van der Waals surface area (Å²) in [5.74, 6) is -0.827. The van der Waals surface area contributed by atoms with Gasteiger partial charge in [-0.25, -0.2) is 9.37 Å². The number of rotatable bonds is 7. The van der Waals surface area contributed by atoms with Crippen molar-refractivity contribution in [2.45, 2.75) is 31.6 Å². The number of hydrogen-bond acceptors (Lipinski definition) is 6. The SMILES string of the molecule is O=COC1(NC(=O)c2cc(F)c3ccccc3c2OCc2nc3ccccc3s2)CCC1. The van der Waals surface area contributed by atoms with Crippen LogP contribution < -0.4 is 10.1 Å². The van der Waals surface area contributed by atoms with Crippen molar-refractivity contribution in [2.24, 2.45) is 0 Å². The molecule has 1 aliphatic rings. The van der Waals surface area contributed by atoms with Gasteiger partial charge in [0.15, 0.2) is 5.72 Å². The fourth-order valence-electron chi connectivity index (χ4n) is 3.88. The summed E-state index contributed by atoms with van der Waals surface area (Å²) in [5, 5.41) is 4.33. The van der Waals surface area contributed by atoms with Gasteiger partial charge in [-0.15, -0.1) is 11.3 Å². The van der Waals surface area contributed by atoms with E-state index < -0.39 is 17.4 Å². The number of fused-ring (bicyclic) bond motifs is 2. The van der Waals surface area contributed by atoms with E-state index in [1.807, 2.05) is 24.3 Å². The Labute approximate surface area is 187 Å². The molecule has 0 atom stereocenters. The predicted molar refractivity (Wildman–Crippen MR) is 119 cm³/mol. The lowest BCUT2D eigenvalue weighted by Crippen LogP contribution is -2.55. The molecular formula is C24H19FN2O4S. The molecule has 1 fully saturated rings. The largest absolute Gasteiger partial charge is 0.485 e. The standard InChI is InChI=1S/C24H19FN2O4S/c25-18-12-17(23(29)27-24(31-14-28)10-5-11-24)22(16-7-2-1-6-15(16)18)30-13-21-26-19-8-3-4-9-20(19)32-21/h1-4,6-9,12,14H,5,10-11,13H2,(H,27,29). The summed E-state index contributed by atoms with van der Waals surface area (Å²) in [6, 6.07) is 15.8. The van der Waals surface area contributed by atoms with Crippen molar-refractivity contribution in [3.63, 3.8) is 0 Å². The lowest BCUT2D eigenvalue weighted by molar-refractivity contribution is -0.156. The zero-order valence-corrected chi connectivity index (χ0v) is 17.8. The molecule has 1 aromatic heterocycles. The maximum Gasteiger partial charge on any atom is 0.295 e. The maximum atomic E-state index is 14.8. The van der Waals surface area contributed by atoms with Crippen molar-refractivity contribution in [2.75, 3.05) is 0 Å². The third-order valence-electron chi connectivity index (χ3n) is 5.64. The number of carbonyl (C=O) groups excluding carboxylic acids is 2. The number of benzene rings is 3. The number of nitrogens with zero attached hydrogens (tertiary/aromatic N) is 1. The molecule has 0 radical (unpaired) electrons. The monoisotopic (exact) mass is 450 g/mol. The predicted octanol–water partition coefficient (Wildman–Crippen LogP) is 4.95. The second-order valence-electron chi connectivity index (χ2n) is 7.66. The minimum Gasteiger partial charge on any atom is -0.485 e. The van der Waals surface area contributed by atoms with E-state index in [1.54, 1.807) is 24.3 Å². The van der Waals surface area contributed by atoms with E-state index in [1.165, 1.54) is 17.4 Å². The Hall–Kier alpha value is -3.52. The highest BCUT2D eigenvalue weighted by molar-refractivity contribution is 7.18. The average molecular weight is 450 g/mol. The summed E-state index contributed by atoms with van der Waals surface area (Å²) < 4.78 is 27.1. The van der Waals surface area contributed by atoms with E-state index >= 15 is 0 Å². The quantitative estimate of drug-likeness (QED) is 0.318. The maximum absolute atomic E-state index is 14.8. The van der Waals surface area contributed by atoms with Crippen molar-refractivity contribution >= 4 is 44.7 Å². The van der Waals surface area contributed by atoms with Gasteiger partial charge in [0.05, 0.1) is 15.8 Å². The van der Waals surface area contributed by atoms with Gasteiger partial charge in [0, 0.05) is 23.6 Å². The number of halogens is 1. The minimum absolute atomic E-state index is 0.0445. The molecule has 0 saturated heterocycles. The van der Waals surface area contributed by atoms with Crippen molar-refractivity contribution in [1.29, 1.82) is 0 Å². The first-order valence-corrected chi connectivity index (χ1v) is 11.0. The fourth-order valence-corrected chi connectivity index (χ4v) is 4.76. The van der Waals surface area contributed by atoms with Crippen LogP contribution in [0.4, 0.5) is 4.39 Å². The summed E-state index contributed by atoms with van der Waals surface area (Å²) in [6.07, 6.45) is 1.84. The second-order valence-corrected chi connectivity index (χ2v) is 8.78. The van der Waals surface area contributed by atoms with Crippen LogP contribution in [0.5, 0.6) is 5.75 Å². The van der Waals surface area contributed by atoms with Gasteiger partial charge in [0.1, 0.15) is 23.2 Å². The van der Waals surface area contributed by atoms with E-state index in [-0.39, 0.29) is 17.9 Å². The van der Waals surface area contributed by atoms with Crippen LogP contribution in [-0.4, -0.2) is 23.1 Å². The third-order valence-corrected chi connectivity index (χ3v) is 6.65. The highest BCUT2D eigenvalue weighted by atomic mass is 32.1. The van der Waals surface area contributed by atoms with Crippen LogP contribution in [-0.2, 0) is 16.1 Å². The van der Waals surface area contributed by atoms with Gasteiger partial charge in [-0.05, 0) is 24.6 Å². The normalized spacial score (nSPS) is 14.7. The number of carbonyl (C=O) groups is 2. The zero-order chi connectivity index (χ0) is 22.1. The summed E-state index contributed by atoms with van der Waals surface area (Å²) in [4.78, 5) is 28.6. The van der Waals surface area contributed by atoms with Crippen LogP contribution >= 0.6 is 11.3 Å². The molecule has 0 bridgehead atoms. The molecule has 3 aromatic carbocycles. The van der Waals surface area contributed by atoms with Crippen LogP contribution in [0.3, 0.4) is 0 Å². The number of hydrogen-bond donors (Lipinski definition) is 1. The molecule has 6 nitrogen and oxygen atoms in total. The number of thiazole rings is 1. The molecule has 5 rings (SSSR count). The molecule has 1 amide bonds. The Balaban J connectivity index is 1.51. The average Bonchev–Trinajstić information content (AvgIpc) is 3.20. The van der Waals surface area contributed by atoms with Gasteiger partial charge >= 0.3 is 0 Å². The van der Waals surface area contributed by atoms with Gasteiger partial charge in [-0.1, -0.05) is 36.4 Å². The molecule has 1 N–H and O–H groups in total. The Bertz CT molecular complexity index is 1300. The Morgan fingerprint density at radius 1 is 1.16 bits per heavy atom. The number of ether oxygens (including phenoxy) is 2. The molecule has 0 spiro atoms. The fraction of sp³-hybridized carbons (Fsp3) is 0.208. The highest BCUT2D eigenvalue weighted by Crippen LogP contribution is 2.36. The summed E-state index contributed by atoms with van der Waals surface area (Å²) in [7, 11) is 0. The second kappa shape index (κ2) is 8.20. The Morgan fingerprint density at radius 2 is 1.91 bits per heavy atom. The zero-order valence-electron chi connectivity index (χ0n) is 17.0. The molecule has 0 unspecified atom stereocenters. The molecule has 0 aliphatic heterocycles. The van der Waals surface area contributed by atoms with Crippen molar-refractivity contribution in [3.8, 4) is 5.75 Å². The summed E-state index contributed by atoms with van der Waals surface area (Å²) in [6.45, 7) is 0.455. The number of amides is 1. The third kappa shape index (κ3) is 3.67. The van der Waals surface area contributed by atoms with Gasteiger partial charge in [0.25, 0.3) is 12.4 Å². The van der Waals surface area contributed by atoms with Gasteiger partial charge in [-0.2, -0.15) is 0 Å².